The molecule has 1 N–H and O–H groups in total. The first-order valence-corrected chi connectivity index (χ1v) is 6.34. The molecule has 0 aromatic heterocycles. The summed E-state index contributed by atoms with van der Waals surface area (Å²) in [7, 11) is 1.72. The van der Waals surface area contributed by atoms with Crippen LogP contribution in [-0.2, 0) is 0 Å². The van der Waals surface area contributed by atoms with E-state index < -0.39 is 11.6 Å². The van der Waals surface area contributed by atoms with E-state index in [0.29, 0.717) is 11.0 Å². The highest BCUT2D eigenvalue weighted by molar-refractivity contribution is 7.99. The Hall–Kier alpha value is -0.610. The summed E-state index contributed by atoms with van der Waals surface area (Å²) in [5.74, 6) is -0.307. The van der Waals surface area contributed by atoms with Crippen LogP contribution < -0.4 is 5.32 Å². The minimum atomic E-state index is -0.483. The molecule has 0 aliphatic rings. The molecule has 1 nitrogen and oxygen atoms in total. The van der Waals surface area contributed by atoms with Gasteiger partial charge in [0.2, 0.25) is 0 Å². The second kappa shape index (κ2) is 6.21. The molecule has 16 heavy (non-hydrogen) atoms. The van der Waals surface area contributed by atoms with E-state index in [9.17, 15) is 8.78 Å². The second-order valence-corrected chi connectivity index (χ2v) is 5.47. The number of rotatable bonds is 5. The minimum Gasteiger partial charge on any atom is -0.312 e. The van der Waals surface area contributed by atoms with Gasteiger partial charge in [0.1, 0.15) is 11.6 Å². The summed E-state index contributed by atoms with van der Waals surface area (Å²) >= 11 is 1.68. The summed E-state index contributed by atoms with van der Waals surface area (Å²) in [6.07, 6.45) is 0. The Morgan fingerprint density at radius 3 is 2.25 bits per heavy atom. The van der Waals surface area contributed by atoms with Gasteiger partial charge in [-0.3, -0.25) is 0 Å². The summed E-state index contributed by atoms with van der Waals surface area (Å²) in [4.78, 5) is 0. The van der Waals surface area contributed by atoms with Crippen LogP contribution in [-0.4, -0.2) is 18.1 Å². The van der Waals surface area contributed by atoms with E-state index in [1.807, 2.05) is 0 Å². The van der Waals surface area contributed by atoms with Crippen LogP contribution in [0.4, 0.5) is 8.78 Å². The number of hydrogen-bond acceptors (Lipinski definition) is 2. The molecule has 0 amide bonds. The molecule has 1 unspecified atom stereocenters. The van der Waals surface area contributed by atoms with Crippen molar-refractivity contribution in [2.75, 3.05) is 12.8 Å². The third-order valence-electron chi connectivity index (χ3n) is 2.29. The van der Waals surface area contributed by atoms with Crippen LogP contribution >= 0.6 is 11.8 Å². The molecule has 0 radical (unpaired) electrons. The highest BCUT2D eigenvalue weighted by Crippen LogP contribution is 2.25. The molecule has 4 heteroatoms. The summed E-state index contributed by atoms with van der Waals surface area (Å²) in [5, 5.41) is 3.40. The summed E-state index contributed by atoms with van der Waals surface area (Å²) in [6, 6.07) is 3.69. The van der Waals surface area contributed by atoms with Gasteiger partial charge in [-0.2, -0.15) is 11.8 Å². The van der Waals surface area contributed by atoms with Crippen molar-refractivity contribution in [1.82, 2.24) is 5.32 Å². The molecular weight excluding hydrogens is 228 g/mol. The normalized spacial score (nSPS) is 13.1. The quantitative estimate of drug-likeness (QED) is 0.853. The number of halogens is 2. The molecule has 90 valence electrons. The standard InChI is InChI=1S/C12H17F2NS/c1-8(2)16-7-11(15-3)12-9(13)5-4-6-10(12)14/h4-6,8,11,15H,7H2,1-3H3. The van der Waals surface area contributed by atoms with Gasteiger partial charge in [-0.15, -0.1) is 0 Å². The molecule has 1 rings (SSSR count). The average molecular weight is 245 g/mol. The molecule has 0 heterocycles. The highest BCUT2D eigenvalue weighted by Gasteiger charge is 2.18. The van der Waals surface area contributed by atoms with Crippen LogP contribution in [0.15, 0.2) is 18.2 Å². The Morgan fingerprint density at radius 1 is 1.25 bits per heavy atom. The predicted molar refractivity (Wildman–Crippen MR) is 65.8 cm³/mol. The van der Waals surface area contributed by atoms with Crippen molar-refractivity contribution in [3.8, 4) is 0 Å². The largest absolute Gasteiger partial charge is 0.312 e. The van der Waals surface area contributed by atoms with Gasteiger partial charge in [0.15, 0.2) is 0 Å². The molecular formula is C12H17F2NS. The monoisotopic (exact) mass is 245 g/mol. The lowest BCUT2D eigenvalue weighted by atomic mass is 10.1. The van der Waals surface area contributed by atoms with Gasteiger partial charge in [0.05, 0.1) is 0 Å². The van der Waals surface area contributed by atoms with Gasteiger partial charge in [-0.25, -0.2) is 8.78 Å². The first-order chi connectivity index (χ1) is 7.56. The summed E-state index contributed by atoms with van der Waals surface area (Å²) < 4.78 is 27.0. The van der Waals surface area contributed by atoms with Gasteiger partial charge >= 0.3 is 0 Å². The maximum Gasteiger partial charge on any atom is 0.130 e. The minimum absolute atomic E-state index is 0.137. The van der Waals surface area contributed by atoms with Gasteiger partial charge in [-0.1, -0.05) is 19.9 Å². The topological polar surface area (TPSA) is 12.0 Å². The van der Waals surface area contributed by atoms with E-state index in [0.717, 1.165) is 0 Å². The Balaban J connectivity index is 2.86. The molecule has 1 aromatic carbocycles. The molecule has 0 aliphatic heterocycles. The van der Waals surface area contributed by atoms with Crippen molar-refractivity contribution in [3.63, 3.8) is 0 Å². The van der Waals surface area contributed by atoms with Gasteiger partial charge in [-0.05, 0) is 24.4 Å². The maximum atomic E-state index is 13.5. The van der Waals surface area contributed by atoms with Crippen LogP contribution in [0.3, 0.4) is 0 Å². The maximum absolute atomic E-state index is 13.5. The van der Waals surface area contributed by atoms with Crippen LogP contribution in [0, 0.1) is 11.6 Å². The van der Waals surface area contributed by atoms with Gasteiger partial charge < -0.3 is 5.32 Å². The Bertz CT molecular complexity index is 322. The Labute approximate surface area is 99.6 Å². The van der Waals surface area contributed by atoms with E-state index in [2.05, 4.69) is 19.2 Å². The number of hydrogen-bond donors (Lipinski definition) is 1. The lowest BCUT2D eigenvalue weighted by Gasteiger charge is -2.18. The molecule has 0 saturated carbocycles. The van der Waals surface area contributed by atoms with Crippen molar-refractivity contribution >= 4 is 11.8 Å². The van der Waals surface area contributed by atoms with Crippen molar-refractivity contribution in [1.29, 1.82) is 0 Å². The van der Waals surface area contributed by atoms with E-state index in [1.165, 1.54) is 18.2 Å². The van der Waals surface area contributed by atoms with Crippen molar-refractivity contribution < 1.29 is 8.78 Å². The first-order valence-electron chi connectivity index (χ1n) is 5.29. The fraction of sp³-hybridized carbons (Fsp3) is 0.500. The van der Waals surface area contributed by atoms with Crippen molar-refractivity contribution in [3.05, 3.63) is 35.4 Å². The fourth-order valence-corrected chi connectivity index (χ4v) is 2.35. The van der Waals surface area contributed by atoms with Crippen LogP contribution in [0.25, 0.3) is 0 Å². The van der Waals surface area contributed by atoms with Gasteiger partial charge in [0.25, 0.3) is 0 Å². The van der Waals surface area contributed by atoms with E-state index in [4.69, 9.17) is 0 Å². The zero-order valence-corrected chi connectivity index (χ0v) is 10.6. The lowest BCUT2D eigenvalue weighted by molar-refractivity contribution is 0.513. The Morgan fingerprint density at radius 2 is 1.81 bits per heavy atom. The molecule has 1 atom stereocenters. The van der Waals surface area contributed by atoms with Crippen LogP contribution in [0.1, 0.15) is 25.5 Å². The number of nitrogens with one attached hydrogen (secondary N) is 1. The van der Waals surface area contributed by atoms with Gasteiger partial charge in [0, 0.05) is 17.4 Å². The van der Waals surface area contributed by atoms with E-state index in [1.54, 1.807) is 18.8 Å². The molecule has 0 spiro atoms. The molecule has 0 saturated heterocycles. The molecule has 0 bridgehead atoms. The van der Waals surface area contributed by atoms with Crippen LogP contribution in [0.5, 0.6) is 0 Å². The smallest absolute Gasteiger partial charge is 0.130 e. The summed E-state index contributed by atoms with van der Waals surface area (Å²) in [6.45, 7) is 4.13. The van der Waals surface area contributed by atoms with Crippen molar-refractivity contribution in [2.24, 2.45) is 0 Å². The molecule has 1 aromatic rings. The van der Waals surface area contributed by atoms with Crippen molar-refractivity contribution in [2.45, 2.75) is 25.1 Å². The zero-order valence-electron chi connectivity index (χ0n) is 9.76. The highest BCUT2D eigenvalue weighted by atomic mass is 32.2. The third-order valence-corrected chi connectivity index (χ3v) is 3.49. The third kappa shape index (κ3) is 3.46. The number of thioether (sulfide) groups is 1. The Kier molecular flexibility index (Phi) is 5.22. The predicted octanol–water partition coefficient (Wildman–Crippen LogP) is 3.37. The SMILES string of the molecule is CNC(CSC(C)C)c1c(F)cccc1F. The fourth-order valence-electron chi connectivity index (χ4n) is 1.44. The second-order valence-electron chi connectivity index (χ2n) is 3.86. The molecule has 0 fully saturated rings. The zero-order chi connectivity index (χ0) is 12.1. The van der Waals surface area contributed by atoms with E-state index in [-0.39, 0.29) is 11.6 Å². The summed E-state index contributed by atoms with van der Waals surface area (Å²) in [5.41, 5.74) is 0.137. The molecule has 0 aliphatic carbocycles. The first kappa shape index (κ1) is 13.5. The average Bonchev–Trinajstić information content (AvgIpc) is 2.22. The van der Waals surface area contributed by atoms with Crippen LogP contribution in [0.2, 0.25) is 0 Å². The van der Waals surface area contributed by atoms with E-state index >= 15 is 0 Å². The lowest BCUT2D eigenvalue weighted by Crippen LogP contribution is -2.22. The number of benzene rings is 1.